The molecule has 2 N–H and O–H groups in total. The third-order valence-electron chi connectivity index (χ3n) is 6.97. The number of hydrogen-bond acceptors (Lipinski definition) is 3. The Balaban J connectivity index is 1.41. The van der Waals surface area contributed by atoms with E-state index in [1.165, 1.54) is 32.1 Å². The van der Waals surface area contributed by atoms with Crippen LogP contribution in [-0.4, -0.2) is 54.8 Å². The number of aliphatic hydroxyl groups excluding tert-OH is 1. The molecule has 2 aliphatic heterocycles. The van der Waals surface area contributed by atoms with Crippen molar-refractivity contribution < 1.29 is 9.50 Å². The Labute approximate surface area is 174 Å². The highest BCUT2D eigenvalue weighted by atomic mass is 19.1. The molecule has 0 amide bonds. The number of rotatable bonds is 4. The van der Waals surface area contributed by atoms with Gasteiger partial charge in [0.05, 0.1) is 18.3 Å². The van der Waals surface area contributed by atoms with Crippen LogP contribution in [0, 0.1) is 11.2 Å². The summed E-state index contributed by atoms with van der Waals surface area (Å²) in [5.41, 5.74) is 2.04. The summed E-state index contributed by atoms with van der Waals surface area (Å²) in [6, 6.07) is 5.48. The number of aliphatic imine (C=N–C) groups is 1. The average molecular weight is 403 g/mol. The van der Waals surface area contributed by atoms with Crippen LogP contribution in [0.25, 0.3) is 0 Å². The molecular formula is C23H35FN4O. The molecule has 1 aromatic rings. The molecule has 0 bridgehead atoms. The van der Waals surface area contributed by atoms with Crippen molar-refractivity contribution in [2.75, 3.05) is 37.6 Å². The van der Waals surface area contributed by atoms with E-state index in [9.17, 15) is 9.50 Å². The van der Waals surface area contributed by atoms with Gasteiger partial charge in [0, 0.05) is 32.7 Å². The first-order valence-electron chi connectivity index (χ1n) is 11.3. The van der Waals surface area contributed by atoms with Crippen molar-refractivity contribution in [1.29, 1.82) is 0 Å². The number of anilines is 1. The van der Waals surface area contributed by atoms with Crippen molar-refractivity contribution in [2.45, 2.75) is 64.5 Å². The van der Waals surface area contributed by atoms with E-state index in [1.54, 1.807) is 6.07 Å². The van der Waals surface area contributed by atoms with Crippen LogP contribution < -0.4 is 10.2 Å². The third kappa shape index (κ3) is 4.68. The molecule has 4 rings (SSSR count). The van der Waals surface area contributed by atoms with Gasteiger partial charge in [-0.25, -0.2) is 9.38 Å². The van der Waals surface area contributed by atoms with Gasteiger partial charge in [-0.1, -0.05) is 18.9 Å². The molecule has 3 aliphatic rings. The molecule has 3 fully saturated rings. The highest BCUT2D eigenvalue weighted by Gasteiger charge is 2.41. The Morgan fingerprint density at radius 3 is 2.66 bits per heavy atom. The van der Waals surface area contributed by atoms with Gasteiger partial charge in [-0.05, 0) is 62.1 Å². The number of likely N-dealkylation sites (tertiary alicyclic amines) is 1. The minimum absolute atomic E-state index is 0.190. The summed E-state index contributed by atoms with van der Waals surface area (Å²) in [4.78, 5) is 9.27. The summed E-state index contributed by atoms with van der Waals surface area (Å²) in [6.07, 6.45) is 7.86. The molecular weight excluding hydrogens is 367 g/mol. The smallest absolute Gasteiger partial charge is 0.194 e. The maximum atomic E-state index is 14.7. The Morgan fingerprint density at radius 1 is 1.21 bits per heavy atom. The van der Waals surface area contributed by atoms with Crippen LogP contribution in [0.5, 0.6) is 0 Å². The van der Waals surface area contributed by atoms with Gasteiger partial charge in [0.2, 0.25) is 0 Å². The lowest BCUT2D eigenvalue weighted by Crippen LogP contribution is -2.41. The normalized spacial score (nSPS) is 22.7. The second-order valence-electron chi connectivity index (χ2n) is 9.05. The van der Waals surface area contributed by atoms with E-state index in [0.717, 1.165) is 31.2 Å². The van der Waals surface area contributed by atoms with Crippen LogP contribution in [0.15, 0.2) is 23.2 Å². The van der Waals surface area contributed by atoms with E-state index in [2.05, 4.69) is 17.1 Å². The van der Waals surface area contributed by atoms with Gasteiger partial charge in [-0.2, -0.15) is 0 Å². The highest BCUT2D eigenvalue weighted by Crippen LogP contribution is 2.45. The molecule has 1 aliphatic carbocycles. The SMILES string of the molecule is CCNC(=NCc1ccc(N2CCC(O)CC2)c(F)c1)N1CCC2(CCCC2)C1. The molecule has 1 saturated carbocycles. The van der Waals surface area contributed by atoms with Gasteiger partial charge in [-0.15, -0.1) is 0 Å². The first-order valence-corrected chi connectivity index (χ1v) is 11.3. The lowest BCUT2D eigenvalue weighted by Gasteiger charge is -2.31. The lowest BCUT2D eigenvalue weighted by atomic mass is 9.86. The molecule has 0 aromatic heterocycles. The van der Waals surface area contributed by atoms with Gasteiger partial charge in [-0.3, -0.25) is 0 Å². The predicted octanol–water partition coefficient (Wildman–Crippen LogP) is 3.52. The van der Waals surface area contributed by atoms with E-state index >= 15 is 0 Å². The molecule has 6 heteroatoms. The summed E-state index contributed by atoms with van der Waals surface area (Å²) in [7, 11) is 0. The maximum absolute atomic E-state index is 14.7. The second kappa shape index (κ2) is 8.90. The van der Waals surface area contributed by atoms with Crippen LogP contribution >= 0.6 is 0 Å². The fourth-order valence-corrected chi connectivity index (χ4v) is 5.25. The molecule has 2 saturated heterocycles. The minimum atomic E-state index is -0.249. The average Bonchev–Trinajstić information content (AvgIpc) is 3.36. The van der Waals surface area contributed by atoms with E-state index in [-0.39, 0.29) is 11.9 Å². The molecule has 5 nitrogen and oxygen atoms in total. The van der Waals surface area contributed by atoms with Gasteiger partial charge >= 0.3 is 0 Å². The Morgan fingerprint density at radius 2 is 1.97 bits per heavy atom. The predicted molar refractivity (Wildman–Crippen MR) is 116 cm³/mol. The first kappa shape index (κ1) is 20.5. The van der Waals surface area contributed by atoms with Crippen LogP contribution in [0.3, 0.4) is 0 Å². The molecule has 0 radical (unpaired) electrons. The van der Waals surface area contributed by atoms with Crippen molar-refractivity contribution in [3.8, 4) is 0 Å². The zero-order valence-corrected chi connectivity index (χ0v) is 17.7. The monoisotopic (exact) mass is 402 g/mol. The fraction of sp³-hybridized carbons (Fsp3) is 0.696. The van der Waals surface area contributed by atoms with Gasteiger partial charge in [0.25, 0.3) is 0 Å². The Bertz CT molecular complexity index is 724. The molecule has 160 valence electrons. The van der Waals surface area contributed by atoms with Crippen LogP contribution in [0.1, 0.15) is 57.4 Å². The summed E-state index contributed by atoms with van der Waals surface area (Å²) in [6.45, 7) is 7.01. The summed E-state index contributed by atoms with van der Waals surface area (Å²) >= 11 is 0. The van der Waals surface area contributed by atoms with E-state index in [0.29, 0.717) is 43.6 Å². The number of guanidine groups is 1. The molecule has 1 spiro atoms. The zero-order valence-electron chi connectivity index (χ0n) is 17.7. The van der Waals surface area contributed by atoms with Crippen LogP contribution in [-0.2, 0) is 6.54 Å². The largest absolute Gasteiger partial charge is 0.393 e. The number of benzene rings is 1. The molecule has 2 heterocycles. The van der Waals surface area contributed by atoms with Crippen LogP contribution in [0.4, 0.5) is 10.1 Å². The Kier molecular flexibility index (Phi) is 6.28. The maximum Gasteiger partial charge on any atom is 0.194 e. The quantitative estimate of drug-likeness (QED) is 0.598. The zero-order chi connectivity index (χ0) is 20.3. The van der Waals surface area contributed by atoms with E-state index < -0.39 is 0 Å². The van der Waals surface area contributed by atoms with E-state index in [1.807, 2.05) is 17.0 Å². The highest BCUT2D eigenvalue weighted by molar-refractivity contribution is 5.80. The van der Waals surface area contributed by atoms with Gasteiger partial charge < -0.3 is 20.2 Å². The third-order valence-corrected chi connectivity index (χ3v) is 6.97. The van der Waals surface area contributed by atoms with Crippen molar-refractivity contribution in [2.24, 2.45) is 10.4 Å². The first-order chi connectivity index (χ1) is 14.1. The summed E-state index contributed by atoms with van der Waals surface area (Å²) in [5, 5.41) is 13.1. The topological polar surface area (TPSA) is 51.1 Å². The second-order valence-corrected chi connectivity index (χ2v) is 9.05. The van der Waals surface area contributed by atoms with Crippen molar-refractivity contribution >= 4 is 11.6 Å². The summed E-state index contributed by atoms with van der Waals surface area (Å²) in [5.74, 6) is 0.774. The molecule has 0 unspecified atom stereocenters. The van der Waals surface area contributed by atoms with Gasteiger partial charge in [0.15, 0.2) is 5.96 Å². The molecule has 1 aromatic carbocycles. The standard InChI is InChI=1S/C23H35FN4O/c1-2-25-22(28-14-11-23(17-28)9-3-4-10-23)26-16-18-5-6-21(20(24)15-18)27-12-7-19(29)8-13-27/h5-6,15,19,29H,2-4,7-14,16-17H2,1H3,(H,25,26). The fourth-order valence-electron chi connectivity index (χ4n) is 5.25. The van der Waals surface area contributed by atoms with E-state index in [4.69, 9.17) is 4.99 Å². The number of hydrogen-bond donors (Lipinski definition) is 2. The number of aliphatic hydroxyl groups is 1. The number of halogens is 1. The number of nitrogens with zero attached hydrogens (tertiary/aromatic N) is 3. The molecule has 0 atom stereocenters. The number of nitrogens with one attached hydrogen (secondary N) is 1. The van der Waals surface area contributed by atoms with Crippen molar-refractivity contribution in [3.05, 3.63) is 29.6 Å². The van der Waals surface area contributed by atoms with Crippen molar-refractivity contribution in [1.82, 2.24) is 10.2 Å². The Hall–Kier alpha value is -1.82. The van der Waals surface area contributed by atoms with Gasteiger partial charge in [0.1, 0.15) is 5.82 Å². The van der Waals surface area contributed by atoms with Crippen molar-refractivity contribution in [3.63, 3.8) is 0 Å². The molecule has 29 heavy (non-hydrogen) atoms. The minimum Gasteiger partial charge on any atom is -0.393 e. The van der Waals surface area contributed by atoms with Crippen LogP contribution in [0.2, 0.25) is 0 Å². The summed E-state index contributed by atoms with van der Waals surface area (Å²) < 4.78 is 14.7. The number of piperidine rings is 1. The lowest BCUT2D eigenvalue weighted by molar-refractivity contribution is 0.145.